The molecule has 0 bridgehead atoms. The molecular weight excluding hydrogens is 316 g/mol. The Morgan fingerprint density at radius 2 is 2.10 bits per heavy atom. The first-order valence-corrected chi connectivity index (χ1v) is 7.79. The van der Waals surface area contributed by atoms with Crippen molar-refractivity contribution in [2.45, 2.75) is 46.2 Å². The molecule has 1 atom stereocenters. The van der Waals surface area contributed by atoms with Crippen molar-refractivity contribution in [1.29, 1.82) is 0 Å². The number of hydrogen-bond acceptors (Lipinski definition) is 3. The standard InChI is InChI=1S/C15H21BrN4/c1-4-12-15(16)14(20(5-2)19-12)9-11(17)13-8-6-7-10(3)18-13/h6-8,11H,4-5,9,17H2,1-3H3. The highest BCUT2D eigenvalue weighted by molar-refractivity contribution is 9.10. The van der Waals surface area contributed by atoms with Crippen molar-refractivity contribution >= 4 is 15.9 Å². The van der Waals surface area contributed by atoms with Gasteiger partial charge in [0.05, 0.1) is 27.6 Å². The van der Waals surface area contributed by atoms with Crippen LogP contribution in [0.4, 0.5) is 0 Å². The van der Waals surface area contributed by atoms with Gasteiger partial charge in [0.25, 0.3) is 0 Å². The zero-order valence-corrected chi connectivity index (χ0v) is 13.8. The minimum Gasteiger partial charge on any atom is -0.322 e. The van der Waals surface area contributed by atoms with Crippen LogP contribution in [0.15, 0.2) is 22.7 Å². The molecule has 0 spiro atoms. The van der Waals surface area contributed by atoms with Crippen LogP contribution in [0.2, 0.25) is 0 Å². The van der Waals surface area contributed by atoms with E-state index >= 15 is 0 Å². The lowest BCUT2D eigenvalue weighted by molar-refractivity contribution is 0.579. The van der Waals surface area contributed by atoms with Crippen LogP contribution in [0.3, 0.4) is 0 Å². The summed E-state index contributed by atoms with van der Waals surface area (Å²) in [5.74, 6) is 0. The van der Waals surface area contributed by atoms with Gasteiger partial charge in [0.2, 0.25) is 0 Å². The summed E-state index contributed by atoms with van der Waals surface area (Å²) >= 11 is 3.66. The molecule has 108 valence electrons. The van der Waals surface area contributed by atoms with Crippen molar-refractivity contribution in [2.75, 3.05) is 0 Å². The molecule has 4 nitrogen and oxygen atoms in total. The van der Waals surface area contributed by atoms with Gasteiger partial charge >= 0.3 is 0 Å². The summed E-state index contributed by atoms with van der Waals surface area (Å²) in [5.41, 5.74) is 10.5. The van der Waals surface area contributed by atoms with Gasteiger partial charge in [-0.3, -0.25) is 9.67 Å². The second kappa shape index (κ2) is 6.50. The third-order valence-corrected chi connectivity index (χ3v) is 4.31. The molecular formula is C15H21BrN4. The van der Waals surface area contributed by atoms with Crippen molar-refractivity contribution in [3.05, 3.63) is 45.4 Å². The minimum absolute atomic E-state index is 0.113. The van der Waals surface area contributed by atoms with Gasteiger partial charge < -0.3 is 5.73 Å². The summed E-state index contributed by atoms with van der Waals surface area (Å²) in [4.78, 5) is 4.51. The largest absolute Gasteiger partial charge is 0.322 e. The normalized spacial score (nSPS) is 12.7. The first-order valence-electron chi connectivity index (χ1n) is 7.00. The number of rotatable bonds is 5. The Bertz CT molecular complexity index is 592. The third-order valence-electron chi connectivity index (χ3n) is 3.40. The Kier molecular flexibility index (Phi) is 4.94. The third kappa shape index (κ3) is 3.10. The molecule has 0 saturated heterocycles. The molecule has 0 amide bonds. The maximum atomic E-state index is 6.31. The molecule has 0 saturated carbocycles. The van der Waals surface area contributed by atoms with Crippen LogP contribution in [-0.4, -0.2) is 14.8 Å². The maximum Gasteiger partial charge on any atom is 0.0766 e. The molecule has 2 heterocycles. The summed E-state index contributed by atoms with van der Waals surface area (Å²) in [7, 11) is 0. The zero-order valence-electron chi connectivity index (χ0n) is 12.2. The highest BCUT2D eigenvalue weighted by Crippen LogP contribution is 2.26. The average Bonchev–Trinajstić information content (AvgIpc) is 2.75. The Morgan fingerprint density at radius 3 is 2.70 bits per heavy atom. The van der Waals surface area contributed by atoms with Gasteiger partial charge in [0.1, 0.15) is 0 Å². The lowest BCUT2D eigenvalue weighted by Gasteiger charge is -2.13. The van der Waals surface area contributed by atoms with Crippen molar-refractivity contribution in [1.82, 2.24) is 14.8 Å². The predicted octanol–water partition coefficient (Wildman–Crippen LogP) is 3.17. The number of nitrogens with zero attached hydrogens (tertiary/aromatic N) is 3. The summed E-state index contributed by atoms with van der Waals surface area (Å²) in [6.07, 6.45) is 1.65. The Labute approximate surface area is 128 Å². The first kappa shape index (κ1) is 15.2. The fourth-order valence-electron chi connectivity index (χ4n) is 2.30. The van der Waals surface area contributed by atoms with Gasteiger partial charge in [-0.05, 0) is 48.3 Å². The van der Waals surface area contributed by atoms with Crippen LogP contribution < -0.4 is 5.73 Å². The second-order valence-electron chi connectivity index (χ2n) is 4.89. The molecule has 0 radical (unpaired) electrons. The fraction of sp³-hybridized carbons (Fsp3) is 0.467. The van der Waals surface area contributed by atoms with E-state index in [-0.39, 0.29) is 6.04 Å². The first-order chi connectivity index (χ1) is 9.56. The molecule has 0 aliphatic carbocycles. The molecule has 0 aliphatic rings. The number of halogens is 1. The van der Waals surface area contributed by atoms with Crippen LogP contribution in [0, 0.1) is 6.92 Å². The molecule has 5 heteroatoms. The Hall–Kier alpha value is -1.20. The number of aromatic nitrogens is 3. The molecule has 2 N–H and O–H groups in total. The molecule has 0 aromatic carbocycles. The monoisotopic (exact) mass is 336 g/mol. The fourth-order valence-corrected chi connectivity index (χ4v) is 3.02. The summed E-state index contributed by atoms with van der Waals surface area (Å²) in [5, 5.41) is 4.60. The van der Waals surface area contributed by atoms with E-state index in [0.717, 1.165) is 46.6 Å². The summed E-state index contributed by atoms with van der Waals surface area (Å²) < 4.78 is 3.11. The molecule has 2 aromatic rings. The molecule has 2 aromatic heterocycles. The Balaban J connectivity index is 2.27. The smallest absolute Gasteiger partial charge is 0.0766 e. The molecule has 20 heavy (non-hydrogen) atoms. The van der Waals surface area contributed by atoms with Gasteiger partial charge in [-0.1, -0.05) is 13.0 Å². The lowest BCUT2D eigenvalue weighted by atomic mass is 10.1. The predicted molar refractivity (Wildman–Crippen MR) is 84.6 cm³/mol. The van der Waals surface area contributed by atoms with Crippen molar-refractivity contribution in [3.63, 3.8) is 0 Å². The van der Waals surface area contributed by atoms with Gasteiger partial charge in [-0.15, -0.1) is 0 Å². The van der Waals surface area contributed by atoms with Crippen LogP contribution >= 0.6 is 15.9 Å². The number of hydrogen-bond donors (Lipinski definition) is 1. The summed E-state index contributed by atoms with van der Waals surface area (Å²) in [6, 6.07) is 5.86. The second-order valence-corrected chi connectivity index (χ2v) is 5.68. The van der Waals surface area contributed by atoms with Crippen LogP contribution in [-0.2, 0) is 19.4 Å². The van der Waals surface area contributed by atoms with E-state index in [1.807, 2.05) is 29.8 Å². The van der Waals surface area contributed by atoms with Gasteiger partial charge in [-0.25, -0.2) is 0 Å². The number of pyridine rings is 1. The number of aryl methyl sites for hydroxylation is 3. The van der Waals surface area contributed by atoms with E-state index in [4.69, 9.17) is 5.73 Å². The SMILES string of the molecule is CCc1nn(CC)c(CC(N)c2cccc(C)n2)c1Br. The van der Waals surface area contributed by atoms with Gasteiger partial charge in [0.15, 0.2) is 0 Å². The van der Waals surface area contributed by atoms with E-state index in [2.05, 4.69) is 39.9 Å². The van der Waals surface area contributed by atoms with Crippen LogP contribution in [0.5, 0.6) is 0 Å². The van der Waals surface area contributed by atoms with Crippen molar-refractivity contribution < 1.29 is 0 Å². The van der Waals surface area contributed by atoms with Crippen molar-refractivity contribution in [3.8, 4) is 0 Å². The molecule has 0 fully saturated rings. The van der Waals surface area contributed by atoms with Gasteiger partial charge in [-0.2, -0.15) is 5.10 Å². The van der Waals surface area contributed by atoms with Crippen LogP contribution in [0.25, 0.3) is 0 Å². The van der Waals surface area contributed by atoms with E-state index in [1.165, 1.54) is 0 Å². The van der Waals surface area contributed by atoms with E-state index in [1.54, 1.807) is 0 Å². The lowest BCUT2D eigenvalue weighted by Crippen LogP contribution is -2.18. The van der Waals surface area contributed by atoms with E-state index in [0.29, 0.717) is 0 Å². The van der Waals surface area contributed by atoms with E-state index in [9.17, 15) is 0 Å². The zero-order chi connectivity index (χ0) is 14.7. The van der Waals surface area contributed by atoms with Crippen molar-refractivity contribution in [2.24, 2.45) is 5.73 Å². The molecule has 2 rings (SSSR count). The average molecular weight is 337 g/mol. The topological polar surface area (TPSA) is 56.7 Å². The molecule has 0 aliphatic heterocycles. The quantitative estimate of drug-likeness (QED) is 0.912. The minimum atomic E-state index is -0.113. The molecule has 1 unspecified atom stereocenters. The van der Waals surface area contributed by atoms with Gasteiger partial charge in [0, 0.05) is 18.7 Å². The highest BCUT2D eigenvalue weighted by atomic mass is 79.9. The highest BCUT2D eigenvalue weighted by Gasteiger charge is 2.18. The number of nitrogens with two attached hydrogens (primary N) is 1. The maximum absolute atomic E-state index is 6.31. The van der Waals surface area contributed by atoms with Crippen LogP contribution in [0.1, 0.15) is 42.7 Å². The summed E-state index contributed by atoms with van der Waals surface area (Å²) in [6.45, 7) is 7.04. The Morgan fingerprint density at radius 1 is 1.35 bits per heavy atom. The van der Waals surface area contributed by atoms with E-state index < -0.39 is 0 Å².